The van der Waals surface area contributed by atoms with E-state index in [-0.39, 0.29) is 11.5 Å². The second-order valence-electron chi connectivity index (χ2n) is 8.27. The maximum absolute atomic E-state index is 12.8. The highest BCUT2D eigenvalue weighted by Crippen LogP contribution is 2.42. The van der Waals surface area contributed by atoms with Crippen LogP contribution in [-0.2, 0) is 35.0 Å². The zero-order valence-corrected chi connectivity index (χ0v) is 18.0. The lowest BCUT2D eigenvalue weighted by atomic mass is 9.79. The van der Waals surface area contributed by atoms with Crippen molar-refractivity contribution < 1.29 is 14.3 Å². The number of ether oxygens (including phenoxy) is 2. The zero-order chi connectivity index (χ0) is 20.6. The molecule has 1 saturated heterocycles. The third-order valence-electron chi connectivity index (χ3n) is 6.72. The summed E-state index contributed by atoms with van der Waals surface area (Å²) in [7, 11) is 3.66. The molecule has 0 bridgehead atoms. The van der Waals surface area contributed by atoms with Crippen molar-refractivity contribution in [2.45, 2.75) is 51.6 Å². The molecular formula is C23H31N3O3. The molecule has 1 amide bonds. The molecule has 29 heavy (non-hydrogen) atoms. The predicted molar refractivity (Wildman–Crippen MR) is 111 cm³/mol. The van der Waals surface area contributed by atoms with Crippen LogP contribution in [-0.4, -0.2) is 47.4 Å². The van der Waals surface area contributed by atoms with Crippen molar-refractivity contribution in [1.82, 2.24) is 14.7 Å². The molecule has 3 heterocycles. The van der Waals surface area contributed by atoms with Gasteiger partial charge in [0.05, 0.1) is 25.0 Å². The fourth-order valence-corrected chi connectivity index (χ4v) is 4.88. The fraction of sp³-hybridized carbons (Fsp3) is 0.565. The van der Waals surface area contributed by atoms with Gasteiger partial charge in [0.1, 0.15) is 5.75 Å². The standard InChI is InChI=1S/C23H31N3O3/c1-16-20(17(2)25(3)24-16)6-8-22(27)26-12-10-23(11-13-26)21-7-5-19(28-4)15-18(21)9-14-29-23/h5,7,15H,6,8-14H2,1-4H3. The molecule has 4 rings (SSSR count). The molecule has 156 valence electrons. The smallest absolute Gasteiger partial charge is 0.222 e. The Balaban J connectivity index is 1.40. The molecule has 0 aliphatic carbocycles. The third kappa shape index (κ3) is 3.66. The molecule has 2 aliphatic heterocycles. The molecule has 2 aliphatic rings. The summed E-state index contributed by atoms with van der Waals surface area (Å²) in [6.45, 7) is 6.31. The Hall–Kier alpha value is -2.34. The molecule has 6 nitrogen and oxygen atoms in total. The molecule has 1 spiro atoms. The highest BCUT2D eigenvalue weighted by Gasteiger charge is 2.41. The third-order valence-corrected chi connectivity index (χ3v) is 6.72. The van der Waals surface area contributed by atoms with Crippen molar-refractivity contribution in [2.75, 3.05) is 26.8 Å². The predicted octanol–water partition coefficient (Wildman–Crippen LogP) is 3.07. The van der Waals surface area contributed by atoms with E-state index < -0.39 is 0 Å². The molecule has 0 atom stereocenters. The number of hydrogen-bond donors (Lipinski definition) is 0. The first-order chi connectivity index (χ1) is 13.9. The number of nitrogens with zero attached hydrogens (tertiary/aromatic N) is 3. The van der Waals surface area contributed by atoms with Gasteiger partial charge in [-0.25, -0.2) is 0 Å². The van der Waals surface area contributed by atoms with Gasteiger partial charge in [-0.15, -0.1) is 0 Å². The summed E-state index contributed by atoms with van der Waals surface area (Å²) in [6.07, 6.45) is 3.91. The second-order valence-corrected chi connectivity index (χ2v) is 8.27. The number of aromatic nitrogens is 2. The average molecular weight is 398 g/mol. The Bertz CT molecular complexity index is 910. The number of carbonyl (C=O) groups is 1. The van der Waals surface area contributed by atoms with Crippen molar-refractivity contribution >= 4 is 5.91 Å². The van der Waals surface area contributed by atoms with Gasteiger partial charge in [-0.2, -0.15) is 5.10 Å². The first-order valence-electron chi connectivity index (χ1n) is 10.5. The Kier molecular flexibility index (Phi) is 5.38. The van der Waals surface area contributed by atoms with Crippen LogP contribution in [0.3, 0.4) is 0 Å². The van der Waals surface area contributed by atoms with Crippen molar-refractivity contribution in [3.05, 3.63) is 46.3 Å². The average Bonchev–Trinajstić information content (AvgIpc) is 2.98. The summed E-state index contributed by atoms with van der Waals surface area (Å²) in [5.41, 5.74) is 5.71. The van der Waals surface area contributed by atoms with Crippen LogP contribution < -0.4 is 4.74 Å². The largest absolute Gasteiger partial charge is 0.497 e. The lowest BCUT2D eigenvalue weighted by Gasteiger charge is -2.45. The number of likely N-dealkylation sites (tertiary alicyclic amines) is 1. The summed E-state index contributed by atoms with van der Waals surface area (Å²) in [6, 6.07) is 6.31. The molecule has 2 aromatic rings. The number of rotatable bonds is 4. The lowest BCUT2D eigenvalue weighted by molar-refractivity contribution is -0.140. The van der Waals surface area contributed by atoms with Gasteiger partial charge >= 0.3 is 0 Å². The molecule has 6 heteroatoms. The number of carbonyl (C=O) groups excluding carboxylic acids is 1. The van der Waals surface area contributed by atoms with Crippen molar-refractivity contribution in [3.63, 3.8) is 0 Å². The van der Waals surface area contributed by atoms with Crippen molar-refractivity contribution in [2.24, 2.45) is 7.05 Å². The van der Waals surface area contributed by atoms with Gasteiger partial charge in [-0.1, -0.05) is 6.07 Å². The van der Waals surface area contributed by atoms with E-state index >= 15 is 0 Å². The van der Waals surface area contributed by atoms with Crippen molar-refractivity contribution in [1.29, 1.82) is 0 Å². The van der Waals surface area contributed by atoms with Crippen LogP contribution in [0.5, 0.6) is 5.75 Å². The van der Waals surface area contributed by atoms with Crippen LogP contribution in [0.1, 0.15) is 47.3 Å². The molecule has 0 N–H and O–H groups in total. The van der Waals surface area contributed by atoms with Gasteiger partial charge in [0, 0.05) is 32.3 Å². The Morgan fingerprint density at radius 1 is 1.28 bits per heavy atom. The topological polar surface area (TPSA) is 56.6 Å². The minimum absolute atomic E-state index is 0.230. The maximum Gasteiger partial charge on any atom is 0.222 e. The number of benzene rings is 1. The van der Waals surface area contributed by atoms with E-state index in [1.807, 2.05) is 29.6 Å². The Morgan fingerprint density at radius 2 is 2.03 bits per heavy atom. The van der Waals surface area contributed by atoms with Gasteiger partial charge in [0.15, 0.2) is 0 Å². The van der Waals surface area contributed by atoms with E-state index in [1.165, 1.54) is 16.7 Å². The van der Waals surface area contributed by atoms with Crippen LogP contribution in [0.15, 0.2) is 18.2 Å². The lowest BCUT2D eigenvalue weighted by Crippen LogP contribution is -2.48. The molecule has 0 radical (unpaired) electrons. The summed E-state index contributed by atoms with van der Waals surface area (Å²) in [5, 5.41) is 4.46. The first kappa shape index (κ1) is 20.0. The van der Waals surface area contributed by atoms with Crippen LogP contribution in [0.2, 0.25) is 0 Å². The number of methoxy groups -OCH3 is 1. The number of amides is 1. The van der Waals surface area contributed by atoms with E-state index in [4.69, 9.17) is 9.47 Å². The van der Waals surface area contributed by atoms with E-state index in [9.17, 15) is 4.79 Å². The van der Waals surface area contributed by atoms with Crippen LogP contribution in [0.25, 0.3) is 0 Å². The van der Waals surface area contributed by atoms with Crippen LogP contribution in [0.4, 0.5) is 0 Å². The number of piperidine rings is 1. The highest BCUT2D eigenvalue weighted by molar-refractivity contribution is 5.76. The number of aryl methyl sites for hydroxylation is 2. The monoisotopic (exact) mass is 397 g/mol. The van der Waals surface area contributed by atoms with E-state index in [0.717, 1.165) is 62.5 Å². The molecule has 1 aromatic carbocycles. The van der Waals surface area contributed by atoms with E-state index in [2.05, 4.69) is 24.2 Å². The second kappa shape index (κ2) is 7.82. The van der Waals surface area contributed by atoms with Crippen LogP contribution in [0, 0.1) is 13.8 Å². The first-order valence-corrected chi connectivity index (χ1v) is 10.5. The molecule has 1 aromatic heterocycles. The van der Waals surface area contributed by atoms with Gasteiger partial charge in [0.25, 0.3) is 0 Å². The molecule has 0 saturated carbocycles. The summed E-state index contributed by atoms with van der Waals surface area (Å²) < 4.78 is 13.6. The minimum atomic E-state index is -0.257. The summed E-state index contributed by atoms with van der Waals surface area (Å²) in [4.78, 5) is 14.8. The summed E-state index contributed by atoms with van der Waals surface area (Å²) >= 11 is 0. The zero-order valence-electron chi connectivity index (χ0n) is 18.0. The molecule has 0 unspecified atom stereocenters. The molecule has 1 fully saturated rings. The van der Waals surface area contributed by atoms with E-state index in [1.54, 1.807) is 7.11 Å². The Labute approximate surface area is 172 Å². The quantitative estimate of drug-likeness (QED) is 0.796. The van der Waals surface area contributed by atoms with Crippen LogP contribution >= 0.6 is 0 Å². The molecular weight excluding hydrogens is 366 g/mol. The van der Waals surface area contributed by atoms with Gasteiger partial charge in [0.2, 0.25) is 5.91 Å². The number of hydrogen-bond acceptors (Lipinski definition) is 4. The normalized spacial score (nSPS) is 18.0. The Morgan fingerprint density at radius 3 is 2.69 bits per heavy atom. The van der Waals surface area contributed by atoms with Gasteiger partial charge in [-0.05, 0) is 68.4 Å². The number of fused-ring (bicyclic) bond motifs is 2. The maximum atomic E-state index is 12.8. The van der Waals surface area contributed by atoms with Gasteiger partial charge < -0.3 is 14.4 Å². The van der Waals surface area contributed by atoms with Crippen molar-refractivity contribution in [3.8, 4) is 5.75 Å². The van der Waals surface area contributed by atoms with Gasteiger partial charge in [-0.3, -0.25) is 9.48 Å². The fourth-order valence-electron chi connectivity index (χ4n) is 4.88. The summed E-state index contributed by atoms with van der Waals surface area (Å²) in [5.74, 6) is 1.13. The minimum Gasteiger partial charge on any atom is -0.497 e. The van der Waals surface area contributed by atoms with E-state index in [0.29, 0.717) is 6.42 Å². The highest BCUT2D eigenvalue weighted by atomic mass is 16.5. The SMILES string of the molecule is COc1ccc2c(c1)CCOC21CCN(C(=O)CCc2c(C)nn(C)c2C)CC1.